The Morgan fingerprint density at radius 2 is 2.15 bits per heavy atom. The summed E-state index contributed by atoms with van der Waals surface area (Å²) in [5, 5.41) is 5.85. The van der Waals surface area contributed by atoms with E-state index >= 15 is 0 Å². The van der Waals surface area contributed by atoms with Gasteiger partial charge in [0.05, 0.1) is 0 Å². The second kappa shape index (κ2) is 6.11. The fraction of sp³-hybridized carbons (Fsp3) is 0.444. The van der Waals surface area contributed by atoms with Gasteiger partial charge in [0.25, 0.3) is 0 Å². The highest BCUT2D eigenvalue weighted by molar-refractivity contribution is 7.10. The third-order valence-corrected chi connectivity index (χ3v) is 5.65. The lowest BCUT2D eigenvalue weighted by atomic mass is 9.80. The number of hydrogen-bond donors (Lipinski definition) is 1. The summed E-state index contributed by atoms with van der Waals surface area (Å²) in [6.45, 7) is 2.22. The van der Waals surface area contributed by atoms with Gasteiger partial charge in [-0.05, 0) is 67.8 Å². The van der Waals surface area contributed by atoms with Crippen molar-refractivity contribution in [3.05, 3.63) is 57.3 Å². The molecule has 0 aliphatic heterocycles. The number of likely N-dealkylation sites (N-methyl/N-ethyl adjacent to an activating group) is 1. The van der Waals surface area contributed by atoms with Crippen LogP contribution in [0.3, 0.4) is 0 Å². The van der Waals surface area contributed by atoms with E-state index in [0.29, 0.717) is 12.0 Å². The lowest BCUT2D eigenvalue weighted by molar-refractivity contribution is 0.413. The molecule has 0 saturated heterocycles. The van der Waals surface area contributed by atoms with Gasteiger partial charge in [-0.25, -0.2) is 0 Å². The van der Waals surface area contributed by atoms with Gasteiger partial charge in [0.15, 0.2) is 0 Å². The molecule has 1 heterocycles. The van der Waals surface area contributed by atoms with Crippen LogP contribution in [0.25, 0.3) is 0 Å². The van der Waals surface area contributed by atoms with Crippen LogP contribution in [0.2, 0.25) is 0 Å². The van der Waals surface area contributed by atoms with Gasteiger partial charge in [-0.2, -0.15) is 0 Å². The summed E-state index contributed by atoms with van der Waals surface area (Å²) in [5.41, 5.74) is 4.50. The molecule has 0 saturated carbocycles. The van der Waals surface area contributed by atoms with Crippen LogP contribution in [0.1, 0.15) is 40.3 Å². The van der Waals surface area contributed by atoms with Crippen LogP contribution in [0.4, 0.5) is 0 Å². The molecule has 1 aromatic heterocycles. The van der Waals surface area contributed by atoms with Crippen LogP contribution in [0.5, 0.6) is 0 Å². The van der Waals surface area contributed by atoms with E-state index < -0.39 is 0 Å². The summed E-state index contributed by atoms with van der Waals surface area (Å²) in [6.07, 6.45) is 5.07. The van der Waals surface area contributed by atoms with E-state index in [4.69, 9.17) is 0 Å². The molecule has 0 spiro atoms. The number of hydrogen-bond acceptors (Lipinski definition) is 2. The lowest BCUT2D eigenvalue weighted by Gasteiger charge is -2.31. The maximum atomic E-state index is 3.58. The quantitative estimate of drug-likeness (QED) is 0.883. The molecule has 106 valence electrons. The van der Waals surface area contributed by atoms with Gasteiger partial charge in [0.2, 0.25) is 0 Å². The molecule has 1 aliphatic rings. The molecular weight excluding hydrogens is 262 g/mol. The van der Waals surface area contributed by atoms with Crippen molar-refractivity contribution < 1.29 is 0 Å². The molecule has 1 nitrogen and oxygen atoms in total. The number of fused-ring (bicyclic) bond motifs is 1. The molecule has 2 heteroatoms. The first-order chi connectivity index (χ1) is 9.79. The summed E-state index contributed by atoms with van der Waals surface area (Å²) in [5.74, 6) is 0.676. The molecule has 20 heavy (non-hydrogen) atoms. The van der Waals surface area contributed by atoms with E-state index in [-0.39, 0.29) is 0 Å². The minimum absolute atomic E-state index is 0.546. The molecule has 0 bridgehead atoms. The molecular formula is C18H23NS. The third-order valence-electron chi connectivity index (χ3n) is 4.66. The first kappa shape index (κ1) is 13.8. The van der Waals surface area contributed by atoms with Crippen LogP contribution in [-0.4, -0.2) is 13.1 Å². The zero-order valence-corrected chi connectivity index (χ0v) is 13.2. The normalized spacial score (nSPS) is 19.6. The maximum absolute atomic E-state index is 3.58. The van der Waals surface area contributed by atoms with Crippen molar-refractivity contribution in [3.63, 3.8) is 0 Å². The fourth-order valence-corrected chi connectivity index (χ4v) is 4.46. The van der Waals surface area contributed by atoms with E-state index in [0.717, 1.165) is 6.42 Å². The van der Waals surface area contributed by atoms with Crippen LogP contribution in [-0.2, 0) is 12.8 Å². The second-order valence-electron chi connectivity index (χ2n) is 5.82. The number of benzene rings is 1. The largest absolute Gasteiger partial charge is 0.316 e. The van der Waals surface area contributed by atoms with Gasteiger partial charge in [0.1, 0.15) is 0 Å². The zero-order valence-electron chi connectivity index (χ0n) is 12.4. The molecule has 3 rings (SSSR count). The molecule has 2 unspecified atom stereocenters. The van der Waals surface area contributed by atoms with E-state index in [9.17, 15) is 0 Å². The number of nitrogens with one attached hydrogen (secondary N) is 1. The average Bonchev–Trinajstić information content (AvgIpc) is 2.95. The van der Waals surface area contributed by atoms with Gasteiger partial charge < -0.3 is 5.32 Å². The smallest absolute Gasteiger partial charge is 0.0174 e. The highest BCUT2D eigenvalue weighted by Crippen LogP contribution is 2.37. The van der Waals surface area contributed by atoms with Gasteiger partial charge in [-0.3, -0.25) is 0 Å². The molecule has 0 fully saturated rings. The second-order valence-corrected chi connectivity index (χ2v) is 6.82. The molecule has 2 aromatic rings. The van der Waals surface area contributed by atoms with Gasteiger partial charge in [0, 0.05) is 16.8 Å². The lowest BCUT2D eigenvalue weighted by Crippen LogP contribution is -2.35. The maximum Gasteiger partial charge on any atom is 0.0174 e. The Hall–Kier alpha value is -1.12. The first-order valence-corrected chi connectivity index (χ1v) is 8.45. The number of aryl methyl sites for hydroxylation is 2. The van der Waals surface area contributed by atoms with Crippen molar-refractivity contribution in [1.82, 2.24) is 5.32 Å². The Kier molecular flexibility index (Phi) is 4.23. The Bertz CT molecular complexity index is 572. The summed E-state index contributed by atoms with van der Waals surface area (Å²) in [4.78, 5) is 1.62. The predicted octanol–water partition coefficient (Wildman–Crippen LogP) is 4.31. The highest BCUT2D eigenvalue weighted by atomic mass is 32.1. The van der Waals surface area contributed by atoms with Crippen molar-refractivity contribution in [2.75, 3.05) is 7.05 Å². The van der Waals surface area contributed by atoms with E-state index in [1.807, 2.05) is 11.3 Å². The van der Waals surface area contributed by atoms with Crippen LogP contribution < -0.4 is 5.32 Å². The van der Waals surface area contributed by atoms with Crippen molar-refractivity contribution in [1.29, 1.82) is 0 Å². The summed E-state index contributed by atoms with van der Waals surface area (Å²) < 4.78 is 0. The summed E-state index contributed by atoms with van der Waals surface area (Å²) in [6, 6.07) is 11.7. The number of thiophene rings is 1. The molecule has 1 aromatic carbocycles. The predicted molar refractivity (Wildman–Crippen MR) is 87.7 cm³/mol. The SMILES string of the molecule is CNC(Cc1ccccc1C)C1CCCc2sccc21. The topological polar surface area (TPSA) is 12.0 Å². The van der Waals surface area contributed by atoms with Crippen LogP contribution in [0.15, 0.2) is 35.7 Å². The molecule has 0 amide bonds. The summed E-state index contributed by atoms with van der Waals surface area (Å²) >= 11 is 1.94. The molecule has 1 aliphatic carbocycles. The first-order valence-electron chi connectivity index (χ1n) is 7.57. The average molecular weight is 285 g/mol. The minimum Gasteiger partial charge on any atom is -0.316 e. The Morgan fingerprint density at radius 3 is 2.95 bits per heavy atom. The van der Waals surface area contributed by atoms with E-state index in [2.05, 4.69) is 55.0 Å². The molecule has 0 radical (unpaired) electrons. The molecule has 1 N–H and O–H groups in total. The Balaban J connectivity index is 1.83. The number of rotatable bonds is 4. The van der Waals surface area contributed by atoms with Gasteiger partial charge in [-0.1, -0.05) is 24.3 Å². The monoisotopic (exact) mass is 285 g/mol. The van der Waals surface area contributed by atoms with Crippen molar-refractivity contribution in [2.45, 2.75) is 44.6 Å². The summed E-state index contributed by atoms with van der Waals surface area (Å²) in [7, 11) is 2.11. The van der Waals surface area contributed by atoms with Crippen LogP contribution in [0, 0.1) is 6.92 Å². The van der Waals surface area contributed by atoms with E-state index in [1.54, 1.807) is 10.4 Å². The van der Waals surface area contributed by atoms with Gasteiger partial charge in [-0.15, -0.1) is 11.3 Å². The Labute approximate surface area is 126 Å². The molecule has 2 atom stereocenters. The fourth-order valence-electron chi connectivity index (χ4n) is 3.46. The third kappa shape index (κ3) is 2.68. The zero-order chi connectivity index (χ0) is 13.9. The van der Waals surface area contributed by atoms with Crippen molar-refractivity contribution in [2.24, 2.45) is 0 Å². The standard InChI is InChI=1S/C18H23NS/c1-13-6-3-4-7-14(13)12-17(19-2)15-8-5-9-18-16(15)10-11-20-18/h3-4,6-7,10-11,15,17,19H,5,8-9,12H2,1-2H3. The highest BCUT2D eigenvalue weighted by Gasteiger charge is 2.28. The van der Waals surface area contributed by atoms with Crippen LogP contribution >= 0.6 is 11.3 Å². The minimum atomic E-state index is 0.546. The van der Waals surface area contributed by atoms with Gasteiger partial charge >= 0.3 is 0 Å². The van der Waals surface area contributed by atoms with Crippen molar-refractivity contribution >= 4 is 11.3 Å². The Morgan fingerprint density at radius 1 is 1.30 bits per heavy atom. The van der Waals surface area contributed by atoms with Crippen molar-refractivity contribution in [3.8, 4) is 0 Å². The van der Waals surface area contributed by atoms with E-state index in [1.165, 1.54) is 30.4 Å².